The summed E-state index contributed by atoms with van der Waals surface area (Å²) in [4.78, 5) is 0. The van der Waals surface area contributed by atoms with Crippen LogP contribution in [0.2, 0.25) is 0 Å². The predicted molar refractivity (Wildman–Crippen MR) is 122 cm³/mol. The van der Waals surface area contributed by atoms with E-state index < -0.39 is 0 Å². The predicted octanol–water partition coefficient (Wildman–Crippen LogP) is -5.65. The normalized spacial score (nSPS) is 9.27. The third-order valence-electron chi connectivity index (χ3n) is 4.78. The van der Waals surface area contributed by atoms with E-state index >= 15 is 0 Å². The molecule has 0 amide bonds. The molecule has 0 radical (unpaired) electrons. The van der Waals surface area contributed by atoms with Gasteiger partial charge in [-0.15, -0.1) is 0 Å². The quantitative estimate of drug-likeness (QED) is 0.153. The summed E-state index contributed by atoms with van der Waals surface area (Å²) in [5.41, 5.74) is 0. The van der Waals surface area contributed by atoms with Crippen molar-refractivity contribution in [1.29, 1.82) is 0 Å². The molecule has 0 aliphatic carbocycles. The topological polar surface area (TPSA) is 26.4 Å². The summed E-state index contributed by atoms with van der Waals surface area (Å²) in [6, 6.07) is 0. The lowest BCUT2D eigenvalue weighted by Gasteiger charge is -1.90. The van der Waals surface area contributed by atoms with Crippen LogP contribution in [0.15, 0.2) is 56.2 Å². The Morgan fingerprint density at radius 3 is 0.879 bits per heavy atom. The molecule has 0 saturated carbocycles. The first kappa shape index (κ1) is 37.4. The third-order valence-corrected chi connectivity index (χ3v) is 4.78. The molecule has 0 aliphatic heterocycles. The van der Waals surface area contributed by atoms with Crippen molar-refractivity contribution in [3.05, 3.63) is 56.2 Å². The third kappa shape index (κ3) is 18.8. The number of rotatable bonds is 9. The standard InChI is InChI=1S/3C8H15N2.3HI/c3*1-3-4-5-10-7-6-9(2)8-10;;;/h3*6-8H,3-5H2,1-2H3;3*1H/q3*+1;;;/p-3. The van der Waals surface area contributed by atoms with Crippen molar-refractivity contribution in [1.82, 2.24) is 13.7 Å². The highest BCUT2D eigenvalue weighted by Crippen LogP contribution is 1.93. The fraction of sp³-hybridized carbons (Fsp3) is 0.625. The fourth-order valence-electron chi connectivity index (χ4n) is 2.92. The van der Waals surface area contributed by atoms with Crippen molar-refractivity contribution < 1.29 is 85.6 Å². The average Bonchev–Trinajstić information content (AvgIpc) is 3.46. The monoisotopic (exact) mass is 798 g/mol. The number of aromatic nitrogens is 6. The molecule has 0 N–H and O–H groups in total. The Bertz CT molecular complexity index is 692. The Morgan fingerprint density at radius 1 is 0.485 bits per heavy atom. The zero-order valence-electron chi connectivity index (χ0n) is 21.4. The number of hydrogen-bond donors (Lipinski definition) is 0. The number of nitrogens with zero attached hydrogens (tertiary/aromatic N) is 6. The highest BCUT2D eigenvalue weighted by Gasteiger charge is 1.98. The van der Waals surface area contributed by atoms with Crippen LogP contribution in [0.5, 0.6) is 0 Å². The summed E-state index contributed by atoms with van der Waals surface area (Å²) >= 11 is 0. The molecule has 0 aromatic carbocycles. The molecule has 6 nitrogen and oxygen atoms in total. The van der Waals surface area contributed by atoms with Gasteiger partial charge in [0.2, 0.25) is 19.0 Å². The van der Waals surface area contributed by atoms with Crippen LogP contribution in [0.25, 0.3) is 0 Å². The van der Waals surface area contributed by atoms with Crippen molar-refractivity contribution in [2.75, 3.05) is 0 Å². The van der Waals surface area contributed by atoms with Crippen molar-refractivity contribution in [3.8, 4) is 0 Å². The Balaban J connectivity index is -0.000000391. The van der Waals surface area contributed by atoms with Crippen LogP contribution in [0, 0.1) is 0 Å². The molecule has 9 heteroatoms. The molecule has 3 rings (SSSR count). The van der Waals surface area contributed by atoms with E-state index in [4.69, 9.17) is 0 Å². The summed E-state index contributed by atoms with van der Waals surface area (Å²) in [7, 11) is 6.13. The summed E-state index contributed by atoms with van der Waals surface area (Å²) in [6.45, 7) is 10.1. The van der Waals surface area contributed by atoms with Crippen LogP contribution in [0.4, 0.5) is 0 Å². The Hall–Kier alpha value is -0.180. The van der Waals surface area contributed by atoms with Crippen LogP contribution >= 0.6 is 0 Å². The molecule has 3 aromatic heterocycles. The molecule has 0 saturated heterocycles. The molecule has 0 aliphatic rings. The first-order chi connectivity index (χ1) is 14.5. The summed E-state index contributed by atoms with van der Waals surface area (Å²) < 4.78 is 12.8. The maximum atomic E-state index is 2.21. The second-order valence-corrected chi connectivity index (χ2v) is 8.01. The minimum Gasteiger partial charge on any atom is -1.00 e. The highest BCUT2D eigenvalue weighted by atomic mass is 127. The van der Waals surface area contributed by atoms with Gasteiger partial charge in [0.15, 0.2) is 0 Å². The van der Waals surface area contributed by atoms with Gasteiger partial charge in [0.25, 0.3) is 0 Å². The van der Waals surface area contributed by atoms with Crippen LogP contribution in [0.3, 0.4) is 0 Å². The lowest BCUT2D eigenvalue weighted by molar-refractivity contribution is -0.671. The molecule has 192 valence electrons. The second kappa shape index (κ2) is 23.6. The molecule has 0 spiro atoms. The highest BCUT2D eigenvalue weighted by molar-refractivity contribution is 4.66. The lowest BCUT2D eigenvalue weighted by atomic mass is 10.3. The van der Waals surface area contributed by atoms with Crippen molar-refractivity contribution in [2.24, 2.45) is 21.1 Å². The summed E-state index contributed by atoms with van der Waals surface area (Å²) in [5.74, 6) is 0. The van der Waals surface area contributed by atoms with Gasteiger partial charge in [0.05, 0.1) is 40.8 Å². The molecule has 0 unspecified atom stereocenters. The number of halogens is 3. The van der Waals surface area contributed by atoms with Gasteiger partial charge >= 0.3 is 0 Å². The Morgan fingerprint density at radius 2 is 0.727 bits per heavy atom. The first-order valence-electron chi connectivity index (χ1n) is 11.5. The van der Waals surface area contributed by atoms with E-state index in [1.807, 2.05) is 21.1 Å². The SMILES string of the molecule is CCCCn1cc[n+](C)c1.CCCCn1cc[n+](C)c1.CCCCn1cc[n+](C)c1.[I-].[I-].[I-]. The molecule has 0 bridgehead atoms. The molecule has 3 heterocycles. The van der Waals surface area contributed by atoms with Gasteiger partial charge < -0.3 is 71.9 Å². The minimum absolute atomic E-state index is 0. The zero-order valence-corrected chi connectivity index (χ0v) is 27.8. The van der Waals surface area contributed by atoms with Crippen molar-refractivity contribution >= 4 is 0 Å². The van der Waals surface area contributed by atoms with Crippen molar-refractivity contribution in [3.63, 3.8) is 0 Å². The molecular weight excluding hydrogens is 753 g/mol. The van der Waals surface area contributed by atoms with Gasteiger partial charge in [-0.05, 0) is 19.3 Å². The van der Waals surface area contributed by atoms with Crippen LogP contribution in [-0.4, -0.2) is 13.7 Å². The Kier molecular flexibility index (Phi) is 26.7. The Labute approximate surface area is 253 Å². The van der Waals surface area contributed by atoms with E-state index in [9.17, 15) is 0 Å². The number of hydrogen-bond acceptors (Lipinski definition) is 0. The molecule has 3 aromatic rings. The summed E-state index contributed by atoms with van der Waals surface area (Å²) in [6.07, 6.45) is 26.5. The molecule has 0 atom stereocenters. The number of aryl methyl sites for hydroxylation is 6. The van der Waals surface area contributed by atoms with E-state index in [-0.39, 0.29) is 71.9 Å². The van der Waals surface area contributed by atoms with Gasteiger partial charge in [-0.3, -0.25) is 0 Å². The van der Waals surface area contributed by atoms with Crippen LogP contribution < -0.4 is 85.6 Å². The first-order valence-corrected chi connectivity index (χ1v) is 11.5. The van der Waals surface area contributed by atoms with E-state index in [2.05, 4.69) is 104 Å². The maximum absolute atomic E-state index is 2.21. The van der Waals surface area contributed by atoms with Crippen LogP contribution in [-0.2, 0) is 40.8 Å². The molecular formula is C24H45I3N6. The smallest absolute Gasteiger partial charge is 0.243 e. The maximum Gasteiger partial charge on any atom is 0.243 e. The summed E-state index contributed by atoms with van der Waals surface area (Å²) in [5, 5.41) is 0. The van der Waals surface area contributed by atoms with E-state index in [0.29, 0.717) is 0 Å². The average molecular weight is 798 g/mol. The van der Waals surface area contributed by atoms with E-state index in [0.717, 1.165) is 19.6 Å². The van der Waals surface area contributed by atoms with Gasteiger partial charge in [-0.1, -0.05) is 40.0 Å². The molecule has 33 heavy (non-hydrogen) atoms. The zero-order chi connectivity index (χ0) is 22.2. The molecule has 0 fully saturated rings. The van der Waals surface area contributed by atoms with Crippen molar-refractivity contribution in [2.45, 2.75) is 78.9 Å². The van der Waals surface area contributed by atoms with E-state index in [1.54, 1.807) is 0 Å². The van der Waals surface area contributed by atoms with Gasteiger partial charge in [-0.2, -0.15) is 0 Å². The lowest BCUT2D eigenvalue weighted by Crippen LogP contribution is -3.00. The van der Waals surface area contributed by atoms with Gasteiger partial charge in [0, 0.05) is 0 Å². The van der Waals surface area contributed by atoms with Gasteiger partial charge in [0.1, 0.15) is 37.2 Å². The number of imidazole rings is 3. The van der Waals surface area contributed by atoms with Gasteiger partial charge in [-0.25, -0.2) is 27.4 Å². The second-order valence-electron chi connectivity index (χ2n) is 8.01. The number of unbranched alkanes of at least 4 members (excludes halogenated alkanes) is 3. The largest absolute Gasteiger partial charge is 1.00 e. The van der Waals surface area contributed by atoms with Crippen LogP contribution in [0.1, 0.15) is 59.3 Å². The van der Waals surface area contributed by atoms with E-state index in [1.165, 1.54) is 38.5 Å². The fourth-order valence-corrected chi connectivity index (χ4v) is 2.92. The minimum atomic E-state index is 0.